The first-order chi connectivity index (χ1) is 24.1. The summed E-state index contributed by atoms with van der Waals surface area (Å²) >= 11 is 0. The van der Waals surface area contributed by atoms with Crippen LogP contribution in [0.3, 0.4) is 0 Å². The summed E-state index contributed by atoms with van der Waals surface area (Å²) < 4.78 is 44.2. The van der Waals surface area contributed by atoms with Crippen LogP contribution in [0, 0.1) is 11.3 Å². The number of anilines is 3. The Kier molecular flexibility index (Phi) is 13.6. The normalized spacial score (nSPS) is 17.2. The van der Waals surface area contributed by atoms with E-state index in [-0.39, 0.29) is 12.1 Å². The number of nitrogens with one attached hydrogen (secondary N) is 1. The minimum atomic E-state index is -4.18. The van der Waals surface area contributed by atoms with Gasteiger partial charge in [-0.05, 0) is 117 Å². The molecule has 51 heavy (non-hydrogen) atoms. The highest BCUT2D eigenvalue weighted by Gasteiger charge is 2.28. The summed E-state index contributed by atoms with van der Waals surface area (Å²) in [5, 5.41) is 19.4. The lowest BCUT2D eigenvalue weighted by molar-refractivity contribution is -0.132. The third-order valence-electron chi connectivity index (χ3n) is 8.55. The van der Waals surface area contributed by atoms with Gasteiger partial charge in [0, 0.05) is 38.9 Å². The molecule has 2 unspecified atom stereocenters. The van der Waals surface area contributed by atoms with Crippen molar-refractivity contribution < 1.29 is 17.9 Å². The minimum Gasteiger partial charge on any atom is -0.371 e. The van der Waals surface area contributed by atoms with Crippen LogP contribution < -0.4 is 15.3 Å². The highest BCUT2D eigenvalue weighted by Crippen LogP contribution is 2.30. The topological polar surface area (TPSA) is 77.2 Å². The Labute approximate surface area is 301 Å². The summed E-state index contributed by atoms with van der Waals surface area (Å²) in [6.07, 6.45) is 4.11. The fourth-order valence-electron chi connectivity index (χ4n) is 5.82. The predicted octanol–water partition coefficient (Wildman–Crippen LogP) is 12.5. The average Bonchev–Trinajstić information content (AvgIpc) is 3.07. The lowest BCUT2D eigenvalue weighted by Gasteiger charge is -2.29. The number of hydrogen-bond donors (Lipinski definition) is 1. The molecule has 0 saturated carbocycles. The summed E-state index contributed by atoms with van der Waals surface area (Å²) in [6, 6.07) is 22.3. The van der Waals surface area contributed by atoms with Crippen LogP contribution in [0.4, 0.5) is 47.3 Å². The van der Waals surface area contributed by atoms with Crippen LogP contribution in [0.5, 0.6) is 0 Å². The van der Waals surface area contributed by atoms with Gasteiger partial charge in [0.1, 0.15) is 0 Å². The molecule has 8 nitrogen and oxygen atoms in total. The fraction of sp³-hybridized carbons (Fsp3) is 0.450. The lowest BCUT2D eigenvalue weighted by Crippen LogP contribution is -2.28. The molecule has 0 aliphatic heterocycles. The van der Waals surface area contributed by atoms with E-state index < -0.39 is 12.6 Å². The number of halogens is 3. The van der Waals surface area contributed by atoms with Crippen LogP contribution in [0.15, 0.2) is 117 Å². The van der Waals surface area contributed by atoms with Crippen LogP contribution in [-0.4, -0.2) is 38.5 Å². The van der Waals surface area contributed by atoms with Gasteiger partial charge in [-0.2, -0.15) is 33.6 Å². The molecular formula is C40H52F3N7O. The Hall–Kier alpha value is -4.51. The van der Waals surface area contributed by atoms with Crippen LogP contribution >= 0.6 is 0 Å². The van der Waals surface area contributed by atoms with E-state index in [1.807, 2.05) is 73.6 Å². The smallest absolute Gasteiger partial charge is 0.371 e. The van der Waals surface area contributed by atoms with Crippen LogP contribution in [-0.2, 0) is 4.74 Å². The Morgan fingerprint density at radius 1 is 0.843 bits per heavy atom. The number of nitrogens with zero attached hydrogens (tertiary/aromatic N) is 6. The van der Waals surface area contributed by atoms with Gasteiger partial charge in [0.15, 0.2) is 0 Å². The van der Waals surface area contributed by atoms with E-state index in [0.717, 1.165) is 47.9 Å². The number of benzene rings is 3. The molecule has 0 amide bonds. The van der Waals surface area contributed by atoms with E-state index >= 15 is 0 Å². The predicted molar refractivity (Wildman–Crippen MR) is 203 cm³/mol. The molecule has 0 heterocycles. The van der Waals surface area contributed by atoms with Crippen molar-refractivity contribution in [2.75, 3.05) is 42.1 Å². The third-order valence-corrected chi connectivity index (χ3v) is 8.55. The van der Waals surface area contributed by atoms with E-state index in [2.05, 4.69) is 72.7 Å². The second kappa shape index (κ2) is 17.6. The summed E-state index contributed by atoms with van der Waals surface area (Å²) in [5.74, 6) is 0.628. The van der Waals surface area contributed by atoms with Crippen LogP contribution in [0.2, 0.25) is 0 Å². The molecule has 2 atom stereocenters. The zero-order valence-corrected chi connectivity index (χ0v) is 30.9. The van der Waals surface area contributed by atoms with Crippen molar-refractivity contribution in [3.8, 4) is 0 Å². The molecule has 1 N–H and O–H groups in total. The van der Waals surface area contributed by atoms with Crippen LogP contribution in [0.1, 0.15) is 67.2 Å². The number of allylic oxidation sites excluding steroid dienone is 1. The van der Waals surface area contributed by atoms with Crippen molar-refractivity contribution >= 4 is 34.1 Å². The first-order valence-electron chi connectivity index (χ1n) is 17.6. The maximum atomic E-state index is 12.6. The first-order valence-corrected chi connectivity index (χ1v) is 17.6. The van der Waals surface area contributed by atoms with E-state index in [0.29, 0.717) is 29.3 Å². The Balaban J connectivity index is 1.22. The van der Waals surface area contributed by atoms with Crippen molar-refractivity contribution in [3.05, 3.63) is 96.7 Å². The molecular weight excluding hydrogens is 651 g/mol. The second-order valence-electron chi connectivity index (χ2n) is 14.6. The van der Waals surface area contributed by atoms with E-state index in [4.69, 9.17) is 4.74 Å². The van der Waals surface area contributed by atoms with Gasteiger partial charge < -0.3 is 9.64 Å². The number of hydrazine groups is 1. The van der Waals surface area contributed by atoms with Gasteiger partial charge in [-0.3, -0.25) is 10.4 Å². The monoisotopic (exact) mass is 703 g/mol. The molecule has 274 valence electrons. The van der Waals surface area contributed by atoms with Gasteiger partial charge in [0.25, 0.3) is 0 Å². The van der Waals surface area contributed by atoms with Gasteiger partial charge in [-0.15, -0.1) is 0 Å². The maximum Gasteiger partial charge on any atom is 0.390 e. The van der Waals surface area contributed by atoms with Gasteiger partial charge >= 0.3 is 6.18 Å². The number of alkyl halides is 3. The van der Waals surface area contributed by atoms with Crippen molar-refractivity contribution in [3.63, 3.8) is 0 Å². The van der Waals surface area contributed by atoms with Gasteiger partial charge in [-0.1, -0.05) is 39.8 Å². The van der Waals surface area contributed by atoms with Crippen LogP contribution in [0.25, 0.3) is 0 Å². The molecule has 0 fully saturated rings. The standard InChI is InChI=1S/C40H52F3N7O/c1-8-50(27-26-40(41,42)43)37-19-15-33(16-20-37)45-44-31-9-11-35(12-10-31)48-49(7)36-17-13-32(14-18-36)46-47-34-21-24-39(6,25-22-34)51-28-23-30(2)29-38(3,4)5/h9-22,24,30,48H,8,23,25-29H2,1-7H3. The fourth-order valence-corrected chi connectivity index (χ4v) is 5.82. The molecule has 0 saturated heterocycles. The molecule has 3 aromatic carbocycles. The number of azo groups is 2. The average molecular weight is 704 g/mol. The Morgan fingerprint density at radius 3 is 1.90 bits per heavy atom. The summed E-state index contributed by atoms with van der Waals surface area (Å²) in [4.78, 5) is 1.69. The molecule has 4 rings (SSSR count). The van der Waals surface area contributed by atoms with Crippen molar-refractivity contribution in [1.29, 1.82) is 0 Å². The quantitative estimate of drug-likeness (QED) is 0.119. The number of hydrogen-bond acceptors (Lipinski definition) is 8. The largest absolute Gasteiger partial charge is 0.390 e. The van der Waals surface area contributed by atoms with Gasteiger partial charge in [0.05, 0.1) is 46.2 Å². The molecule has 0 spiro atoms. The van der Waals surface area contributed by atoms with Crippen molar-refractivity contribution in [1.82, 2.24) is 0 Å². The van der Waals surface area contributed by atoms with Crippen molar-refractivity contribution in [2.24, 2.45) is 31.8 Å². The second-order valence-corrected chi connectivity index (χ2v) is 14.6. The van der Waals surface area contributed by atoms with E-state index in [1.165, 1.54) is 6.42 Å². The number of ether oxygens (including phenoxy) is 1. The minimum absolute atomic E-state index is 0.0842. The molecule has 0 radical (unpaired) electrons. The Morgan fingerprint density at radius 2 is 1.39 bits per heavy atom. The summed E-state index contributed by atoms with van der Waals surface area (Å²) in [7, 11) is 1.93. The first kappa shape index (κ1) is 39.3. The van der Waals surface area contributed by atoms with E-state index in [1.54, 1.807) is 29.2 Å². The molecule has 1 aliphatic carbocycles. The number of rotatable bonds is 16. The molecule has 11 heteroatoms. The van der Waals surface area contributed by atoms with E-state index in [9.17, 15) is 13.2 Å². The lowest BCUT2D eigenvalue weighted by atomic mass is 9.84. The highest BCUT2D eigenvalue weighted by atomic mass is 19.4. The zero-order valence-electron chi connectivity index (χ0n) is 30.9. The maximum absolute atomic E-state index is 12.6. The zero-order chi connectivity index (χ0) is 37.1. The molecule has 0 bridgehead atoms. The molecule has 0 aromatic heterocycles. The van der Waals surface area contributed by atoms with Gasteiger partial charge in [-0.25, -0.2) is 0 Å². The molecule has 3 aromatic rings. The SMILES string of the molecule is CCN(CCC(F)(F)F)c1ccc(N=Nc2ccc(NN(C)c3ccc(N=NC4=CCC(C)(OCCC(C)CC(C)(C)C)C=C4)cc3)cc2)cc1. The third kappa shape index (κ3) is 13.6. The Bertz CT molecular complexity index is 1640. The highest BCUT2D eigenvalue weighted by molar-refractivity contribution is 5.59. The van der Waals surface area contributed by atoms with Crippen molar-refractivity contribution in [2.45, 2.75) is 79.0 Å². The summed E-state index contributed by atoms with van der Waals surface area (Å²) in [5.41, 5.74) is 8.76. The summed E-state index contributed by atoms with van der Waals surface area (Å²) in [6.45, 7) is 14.2. The molecule has 1 aliphatic rings. The van der Waals surface area contributed by atoms with Gasteiger partial charge in [0.2, 0.25) is 0 Å².